The third-order valence-electron chi connectivity index (χ3n) is 9.44. The average molecular weight is 779 g/mol. The number of aliphatic carboxylic acids is 1. The molecule has 0 aliphatic carbocycles. The quantitative estimate of drug-likeness (QED) is 0.142. The summed E-state index contributed by atoms with van der Waals surface area (Å²) in [5.41, 5.74) is -0.909. The predicted molar refractivity (Wildman–Crippen MR) is 185 cm³/mol. The minimum Gasteiger partial charge on any atom is -0.479 e. The number of esters is 1. The number of aliphatic hydroxyl groups excluding tert-OH is 3. The van der Waals surface area contributed by atoms with E-state index in [1.807, 2.05) is 37.3 Å². The molecule has 54 heavy (non-hydrogen) atoms. The number of carboxylic acid groups (broad SMARTS) is 1. The molecule has 7 atom stereocenters. The molecule has 2 aliphatic heterocycles. The highest BCUT2D eigenvalue weighted by Crippen LogP contribution is 2.44. The molecule has 1 aromatic heterocycles. The van der Waals surface area contributed by atoms with E-state index in [0.717, 1.165) is 11.6 Å². The number of benzene rings is 2. The number of ether oxygens (including phenoxy) is 3. The van der Waals surface area contributed by atoms with Gasteiger partial charge in [0.2, 0.25) is 6.29 Å². The molecule has 5 rings (SSSR count). The lowest BCUT2D eigenvalue weighted by atomic mass is 9.79. The van der Waals surface area contributed by atoms with Crippen molar-refractivity contribution in [2.75, 3.05) is 4.72 Å². The van der Waals surface area contributed by atoms with E-state index in [0.29, 0.717) is 43.5 Å². The first kappa shape index (κ1) is 40.6. The highest BCUT2D eigenvalue weighted by molar-refractivity contribution is 7.92. The van der Waals surface area contributed by atoms with Gasteiger partial charge in [-0.05, 0) is 61.1 Å². The van der Waals surface area contributed by atoms with Crippen molar-refractivity contribution < 1.29 is 65.8 Å². The topological polar surface area (TPSA) is 202 Å². The summed E-state index contributed by atoms with van der Waals surface area (Å²) in [5, 5.41) is 40.6. The van der Waals surface area contributed by atoms with Gasteiger partial charge in [-0.25, -0.2) is 14.6 Å². The summed E-state index contributed by atoms with van der Waals surface area (Å²) < 4.78 is 85.5. The fourth-order valence-corrected chi connectivity index (χ4v) is 7.72. The van der Waals surface area contributed by atoms with Crippen LogP contribution in [0.5, 0.6) is 0 Å². The average Bonchev–Trinajstić information content (AvgIpc) is 3.12. The van der Waals surface area contributed by atoms with E-state index in [1.54, 1.807) is 13.0 Å². The number of sulfonamides is 1. The van der Waals surface area contributed by atoms with Crippen molar-refractivity contribution in [3.8, 4) is 0 Å². The van der Waals surface area contributed by atoms with Crippen LogP contribution in [0.25, 0.3) is 0 Å². The summed E-state index contributed by atoms with van der Waals surface area (Å²) in [6.07, 6.45) is -12.0. The lowest BCUT2D eigenvalue weighted by molar-refractivity contribution is -0.287. The van der Waals surface area contributed by atoms with Gasteiger partial charge in [0.05, 0.1) is 11.1 Å². The Hall–Kier alpha value is -4.55. The standard InChI is InChI=1S/C37H41F3N2O11S/c1-3-16-36(17-15-21-9-6-5-7-10-21)19-26(51-35-31(45)29(43)30(44)32(52-35)33(46)47)28(34(48)53-36)25(4-2)22-11-8-12-24(18-22)42-54(49,50)27-14-13-23(20-41-27)37(38,39)40/h5-14,18,20,25,29-32,35,42-45H,3-4,15-17,19H2,1-2H3,(H,46,47)/t25-,29?,30?,31?,32?,35?,36-/m0/s1. The largest absolute Gasteiger partial charge is 0.479 e. The third kappa shape index (κ3) is 9.03. The van der Waals surface area contributed by atoms with Crippen LogP contribution in [0.15, 0.2) is 89.3 Å². The maximum absolute atomic E-state index is 14.2. The van der Waals surface area contributed by atoms with Crippen molar-refractivity contribution in [2.24, 2.45) is 0 Å². The third-order valence-corrected chi connectivity index (χ3v) is 10.7. The van der Waals surface area contributed by atoms with Gasteiger partial charge in [-0.15, -0.1) is 0 Å². The van der Waals surface area contributed by atoms with E-state index in [1.165, 1.54) is 18.2 Å². The molecular formula is C37H41F3N2O11S. The molecular weight excluding hydrogens is 737 g/mol. The molecule has 13 nitrogen and oxygen atoms in total. The van der Waals surface area contributed by atoms with Gasteiger partial charge in [0, 0.05) is 24.2 Å². The molecule has 0 saturated carbocycles. The summed E-state index contributed by atoms with van der Waals surface area (Å²) >= 11 is 0. The number of carbonyl (C=O) groups is 2. The first-order chi connectivity index (χ1) is 25.5. The van der Waals surface area contributed by atoms with Crippen LogP contribution < -0.4 is 4.72 Å². The van der Waals surface area contributed by atoms with E-state index < -0.39 is 81.0 Å². The lowest BCUT2D eigenvalue weighted by Gasteiger charge is -2.43. The number of halogens is 3. The number of carbonyl (C=O) groups excluding carboxylic acids is 1. The molecule has 3 heterocycles. The molecule has 1 saturated heterocycles. The number of aryl methyl sites for hydroxylation is 1. The van der Waals surface area contributed by atoms with Crippen LogP contribution in [0.3, 0.4) is 0 Å². The SMILES string of the molecule is CCC[C@]1(CCc2ccccc2)CC(OC2OC(C(=O)O)C(O)C(O)C2O)=C([C@@H](CC)c2cccc(NS(=O)(=O)c3ccc(C(F)(F)F)cn3)c2)C(=O)O1. The van der Waals surface area contributed by atoms with Crippen LogP contribution in [-0.4, -0.2) is 82.1 Å². The summed E-state index contributed by atoms with van der Waals surface area (Å²) in [4.78, 5) is 29.6. The number of alkyl halides is 3. The number of nitrogens with zero attached hydrogens (tertiary/aromatic N) is 1. The van der Waals surface area contributed by atoms with Crippen molar-refractivity contribution in [1.82, 2.24) is 4.98 Å². The molecule has 0 spiro atoms. The minimum atomic E-state index is -4.72. The molecule has 1 fully saturated rings. The van der Waals surface area contributed by atoms with Gasteiger partial charge in [0.1, 0.15) is 29.7 Å². The fourth-order valence-electron chi connectivity index (χ4n) is 6.74. The number of hydrogen-bond acceptors (Lipinski definition) is 11. The zero-order valence-corrected chi connectivity index (χ0v) is 30.1. The highest BCUT2D eigenvalue weighted by Gasteiger charge is 2.50. The molecule has 5 N–H and O–H groups in total. The number of anilines is 1. The van der Waals surface area contributed by atoms with Gasteiger partial charge < -0.3 is 34.6 Å². The maximum Gasteiger partial charge on any atom is 0.417 e. The zero-order valence-electron chi connectivity index (χ0n) is 29.3. The highest BCUT2D eigenvalue weighted by atomic mass is 32.2. The number of rotatable bonds is 14. The molecule has 3 aromatic rings. The summed E-state index contributed by atoms with van der Waals surface area (Å²) in [5.74, 6) is -3.28. The lowest BCUT2D eigenvalue weighted by Crippen LogP contribution is -2.60. The second kappa shape index (κ2) is 16.4. The smallest absolute Gasteiger partial charge is 0.417 e. The van der Waals surface area contributed by atoms with Gasteiger partial charge in [-0.1, -0.05) is 62.7 Å². The minimum absolute atomic E-state index is 0.00414. The molecule has 2 aliphatic rings. The molecule has 2 aromatic carbocycles. The first-order valence-corrected chi connectivity index (χ1v) is 18.7. The summed E-state index contributed by atoms with van der Waals surface area (Å²) in [7, 11) is -4.46. The summed E-state index contributed by atoms with van der Waals surface area (Å²) in [6, 6.07) is 16.7. The number of cyclic esters (lactones) is 1. The van der Waals surface area contributed by atoms with Gasteiger partial charge >= 0.3 is 18.1 Å². The number of pyridine rings is 1. The Morgan fingerprint density at radius 3 is 2.35 bits per heavy atom. The second-order valence-corrected chi connectivity index (χ2v) is 14.9. The Bertz CT molecular complexity index is 1940. The maximum atomic E-state index is 14.2. The van der Waals surface area contributed by atoms with Crippen molar-refractivity contribution >= 4 is 27.6 Å². The van der Waals surface area contributed by atoms with E-state index in [4.69, 9.17) is 14.2 Å². The first-order valence-electron chi connectivity index (χ1n) is 17.2. The van der Waals surface area contributed by atoms with Crippen LogP contribution >= 0.6 is 0 Å². The van der Waals surface area contributed by atoms with Gasteiger partial charge in [0.15, 0.2) is 11.1 Å². The number of hydrogen-bond donors (Lipinski definition) is 5. The number of nitrogens with one attached hydrogen (secondary N) is 1. The summed E-state index contributed by atoms with van der Waals surface area (Å²) in [6.45, 7) is 3.64. The van der Waals surface area contributed by atoms with Crippen LogP contribution in [0, 0.1) is 0 Å². The Labute approximate surface area is 309 Å². The van der Waals surface area contributed by atoms with Crippen molar-refractivity contribution in [3.05, 3.63) is 101 Å². The monoisotopic (exact) mass is 778 g/mol. The molecule has 0 amide bonds. The molecule has 0 bridgehead atoms. The van der Waals surface area contributed by atoms with Crippen molar-refractivity contribution in [1.29, 1.82) is 0 Å². The molecule has 292 valence electrons. The Kier molecular flexibility index (Phi) is 12.4. The van der Waals surface area contributed by atoms with Gasteiger partial charge in [0.25, 0.3) is 10.0 Å². The Balaban J connectivity index is 1.53. The van der Waals surface area contributed by atoms with Crippen LogP contribution in [-0.2, 0) is 46.4 Å². The Morgan fingerprint density at radius 2 is 1.74 bits per heavy atom. The van der Waals surface area contributed by atoms with Crippen LogP contribution in [0.1, 0.15) is 68.6 Å². The normalized spacial score (nSPS) is 25.5. The zero-order chi connectivity index (χ0) is 39.4. The van der Waals surface area contributed by atoms with E-state index in [2.05, 4.69) is 9.71 Å². The number of aliphatic hydroxyl groups is 3. The molecule has 0 radical (unpaired) electrons. The Morgan fingerprint density at radius 1 is 1.02 bits per heavy atom. The van der Waals surface area contributed by atoms with Crippen LogP contribution in [0.4, 0.5) is 18.9 Å². The van der Waals surface area contributed by atoms with Crippen molar-refractivity contribution in [3.63, 3.8) is 0 Å². The van der Waals surface area contributed by atoms with E-state index in [9.17, 15) is 51.6 Å². The van der Waals surface area contributed by atoms with Gasteiger partial charge in [-0.2, -0.15) is 21.6 Å². The van der Waals surface area contributed by atoms with E-state index in [-0.39, 0.29) is 29.9 Å². The second-order valence-electron chi connectivity index (χ2n) is 13.2. The van der Waals surface area contributed by atoms with Crippen molar-refractivity contribution in [2.45, 2.75) is 106 Å². The number of aromatic nitrogens is 1. The number of carboxylic acids is 1. The molecule has 17 heteroatoms. The van der Waals surface area contributed by atoms with Crippen LogP contribution in [0.2, 0.25) is 0 Å². The fraction of sp³-hybridized carbons (Fsp3) is 0.432. The van der Waals surface area contributed by atoms with Gasteiger partial charge in [-0.3, -0.25) is 4.72 Å². The van der Waals surface area contributed by atoms with E-state index >= 15 is 0 Å². The predicted octanol–water partition coefficient (Wildman–Crippen LogP) is 4.68. The molecule has 5 unspecified atom stereocenters.